The molecule has 0 radical (unpaired) electrons. The molecular weight excluding hydrogens is 226 g/mol. The van der Waals surface area contributed by atoms with Gasteiger partial charge >= 0.3 is 0 Å². The summed E-state index contributed by atoms with van der Waals surface area (Å²) in [6, 6.07) is 0. The molecule has 1 aliphatic rings. The molecule has 0 heterocycles. The van der Waals surface area contributed by atoms with Gasteiger partial charge in [-0.05, 0) is 23.7 Å². The van der Waals surface area contributed by atoms with Gasteiger partial charge < -0.3 is 5.11 Å². The summed E-state index contributed by atoms with van der Waals surface area (Å²) in [6.07, 6.45) is 0. The van der Waals surface area contributed by atoms with Crippen LogP contribution in [-0.4, -0.2) is 31.9 Å². The quantitative estimate of drug-likeness (QED) is 0.763. The first-order chi connectivity index (χ1) is 7.07. The van der Waals surface area contributed by atoms with Crippen LogP contribution in [-0.2, 0) is 10.0 Å². The molecule has 1 atom stereocenters. The monoisotopic (exact) mass is 249 g/mol. The summed E-state index contributed by atoms with van der Waals surface area (Å²) in [4.78, 5) is 0. The van der Waals surface area contributed by atoms with Crippen molar-refractivity contribution in [2.24, 2.45) is 16.7 Å². The van der Waals surface area contributed by atoms with E-state index in [4.69, 9.17) is 5.11 Å². The predicted molar refractivity (Wildman–Crippen MR) is 64.5 cm³/mol. The second-order valence-electron chi connectivity index (χ2n) is 5.88. The van der Waals surface area contributed by atoms with Crippen molar-refractivity contribution >= 4 is 10.0 Å². The van der Waals surface area contributed by atoms with Gasteiger partial charge in [0.2, 0.25) is 10.0 Å². The van der Waals surface area contributed by atoms with Crippen LogP contribution in [0.2, 0.25) is 0 Å². The van der Waals surface area contributed by atoms with Crippen molar-refractivity contribution in [3.8, 4) is 0 Å². The number of aliphatic hydroxyl groups excluding tert-OH is 1. The Morgan fingerprint density at radius 2 is 1.69 bits per heavy atom. The summed E-state index contributed by atoms with van der Waals surface area (Å²) in [5.74, 6) is 0.362. The molecule has 0 spiro atoms. The van der Waals surface area contributed by atoms with Crippen LogP contribution in [0.5, 0.6) is 0 Å². The van der Waals surface area contributed by atoms with Gasteiger partial charge in [-0.3, -0.25) is 0 Å². The molecule has 1 aliphatic carbocycles. The van der Waals surface area contributed by atoms with Crippen molar-refractivity contribution in [3.63, 3.8) is 0 Å². The predicted octanol–water partition coefficient (Wildman–Crippen LogP) is 0.969. The van der Waals surface area contributed by atoms with E-state index in [0.717, 1.165) is 0 Å². The van der Waals surface area contributed by atoms with Gasteiger partial charge in [0.05, 0.1) is 11.9 Å². The third-order valence-electron chi connectivity index (χ3n) is 4.60. The van der Waals surface area contributed by atoms with Gasteiger partial charge in [-0.15, -0.1) is 0 Å². The molecule has 0 aromatic carbocycles. The zero-order chi connectivity index (χ0) is 12.8. The van der Waals surface area contributed by atoms with Crippen LogP contribution in [0.3, 0.4) is 0 Å². The molecule has 16 heavy (non-hydrogen) atoms. The van der Waals surface area contributed by atoms with E-state index < -0.39 is 15.3 Å². The molecule has 0 aromatic rings. The Labute approximate surface area is 98.5 Å². The Hall–Kier alpha value is -0.130. The average molecular weight is 249 g/mol. The molecule has 0 bridgehead atoms. The first-order valence-electron chi connectivity index (χ1n) is 5.66. The van der Waals surface area contributed by atoms with Crippen LogP contribution in [0, 0.1) is 16.7 Å². The van der Waals surface area contributed by atoms with Gasteiger partial charge in [-0.1, -0.05) is 27.7 Å². The van der Waals surface area contributed by atoms with Crippen LogP contribution < -0.4 is 4.72 Å². The van der Waals surface area contributed by atoms with Crippen molar-refractivity contribution in [2.75, 3.05) is 13.2 Å². The van der Waals surface area contributed by atoms with E-state index >= 15 is 0 Å². The average Bonchev–Trinajstić information content (AvgIpc) is 2.53. The van der Waals surface area contributed by atoms with E-state index in [-0.39, 0.29) is 17.4 Å². The molecule has 1 rings (SSSR count). The fourth-order valence-electron chi connectivity index (χ4n) is 2.28. The number of nitrogens with one attached hydrogen (secondary N) is 1. The molecule has 2 N–H and O–H groups in total. The smallest absolute Gasteiger partial charge is 0.216 e. The number of rotatable bonds is 5. The lowest BCUT2D eigenvalue weighted by Gasteiger charge is -2.11. The second kappa shape index (κ2) is 3.96. The lowest BCUT2D eigenvalue weighted by atomic mass is 10.0. The summed E-state index contributed by atoms with van der Waals surface area (Å²) in [5, 5.41) is 8.10. The first kappa shape index (κ1) is 13.9. The van der Waals surface area contributed by atoms with Gasteiger partial charge in [0.1, 0.15) is 0 Å². The number of sulfonamides is 1. The highest BCUT2D eigenvalue weighted by molar-refractivity contribution is 7.90. The van der Waals surface area contributed by atoms with Crippen LogP contribution in [0.15, 0.2) is 0 Å². The summed E-state index contributed by atoms with van der Waals surface area (Å²) < 4.78 is 25.9. The van der Waals surface area contributed by atoms with E-state index in [0.29, 0.717) is 12.5 Å². The summed E-state index contributed by atoms with van der Waals surface area (Å²) >= 11 is 0. The first-order valence-corrected chi connectivity index (χ1v) is 7.21. The summed E-state index contributed by atoms with van der Waals surface area (Å²) in [5.41, 5.74) is 0.357. The fraction of sp³-hybridized carbons (Fsp3) is 1.00. The fourth-order valence-corrected chi connectivity index (χ4v) is 3.16. The van der Waals surface area contributed by atoms with Crippen molar-refractivity contribution < 1.29 is 13.5 Å². The zero-order valence-electron chi connectivity index (χ0n) is 10.7. The van der Waals surface area contributed by atoms with Crippen molar-refractivity contribution in [3.05, 3.63) is 0 Å². The van der Waals surface area contributed by atoms with Gasteiger partial charge in [0, 0.05) is 6.54 Å². The number of hydrogen-bond donors (Lipinski definition) is 2. The molecule has 96 valence electrons. The van der Waals surface area contributed by atoms with E-state index in [1.807, 2.05) is 0 Å². The van der Waals surface area contributed by atoms with Crippen molar-refractivity contribution in [1.29, 1.82) is 0 Å². The lowest BCUT2D eigenvalue weighted by molar-refractivity contribution is 0.294. The largest absolute Gasteiger partial charge is 0.395 e. The van der Waals surface area contributed by atoms with Gasteiger partial charge in [-0.25, -0.2) is 13.1 Å². The number of hydrogen-bond acceptors (Lipinski definition) is 3. The molecule has 0 aromatic heterocycles. The maximum atomic E-state index is 11.6. The highest BCUT2D eigenvalue weighted by atomic mass is 32.2. The second-order valence-corrected chi connectivity index (χ2v) is 8.07. The number of aliphatic hydroxyl groups is 1. The maximum Gasteiger partial charge on any atom is 0.216 e. The van der Waals surface area contributed by atoms with E-state index in [2.05, 4.69) is 32.4 Å². The Kier molecular flexibility index (Phi) is 3.45. The topological polar surface area (TPSA) is 66.4 Å². The Morgan fingerprint density at radius 3 is 2.00 bits per heavy atom. The minimum absolute atomic E-state index is 0.179. The van der Waals surface area contributed by atoms with Gasteiger partial charge in [0.25, 0.3) is 0 Å². The maximum absolute atomic E-state index is 11.6. The minimum Gasteiger partial charge on any atom is -0.395 e. The molecule has 1 unspecified atom stereocenters. The van der Waals surface area contributed by atoms with Crippen LogP contribution >= 0.6 is 0 Å². The van der Waals surface area contributed by atoms with E-state index in [1.54, 1.807) is 0 Å². The molecule has 5 heteroatoms. The Morgan fingerprint density at radius 1 is 1.25 bits per heavy atom. The Bertz CT molecular complexity index is 345. The minimum atomic E-state index is -3.37. The highest BCUT2D eigenvalue weighted by Gasteiger charge is 2.64. The van der Waals surface area contributed by atoms with Gasteiger partial charge in [-0.2, -0.15) is 0 Å². The lowest BCUT2D eigenvalue weighted by Crippen LogP contribution is -2.36. The molecular formula is C11H23NO3S. The summed E-state index contributed by atoms with van der Waals surface area (Å²) in [6.45, 7) is 10.2. The molecule has 0 saturated heterocycles. The van der Waals surface area contributed by atoms with Crippen LogP contribution in [0.25, 0.3) is 0 Å². The van der Waals surface area contributed by atoms with E-state index in [9.17, 15) is 8.42 Å². The highest BCUT2D eigenvalue weighted by Crippen LogP contribution is 2.67. The molecule has 4 nitrogen and oxygen atoms in total. The SMILES string of the molecule is CC(CO)S(=O)(=O)NCC1C(C)(C)C1(C)C. The Balaban J connectivity index is 2.56. The van der Waals surface area contributed by atoms with Crippen LogP contribution in [0.1, 0.15) is 34.6 Å². The van der Waals surface area contributed by atoms with Crippen molar-refractivity contribution in [2.45, 2.75) is 39.9 Å². The van der Waals surface area contributed by atoms with E-state index in [1.165, 1.54) is 6.92 Å². The standard InChI is InChI=1S/C11H23NO3S/c1-8(7-13)16(14,15)12-6-9-10(2,3)11(9,4)5/h8-9,12-13H,6-7H2,1-5H3. The third kappa shape index (κ3) is 2.13. The molecule has 0 amide bonds. The zero-order valence-corrected chi connectivity index (χ0v) is 11.6. The van der Waals surface area contributed by atoms with Gasteiger partial charge in [0.15, 0.2) is 0 Å². The summed E-state index contributed by atoms with van der Waals surface area (Å²) in [7, 11) is -3.37. The third-order valence-corrected chi connectivity index (χ3v) is 6.37. The van der Waals surface area contributed by atoms with Crippen LogP contribution in [0.4, 0.5) is 0 Å². The molecule has 1 fully saturated rings. The van der Waals surface area contributed by atoms with Crippen molar-refractivity contribution in [1.82, 2.24) is 4.72 Å². The molecule has 1 saturated carbocycles. The molecule has 0 aliphatic heterocycles. The normalized spacial score (nSPS) is 25.4.